The zero-order chi connectivity index (χ0) is 14.0. The average Bonchev–Trinajstić information content (AvgIpc) is 2.35. The molecule has 2 atom stereocenters. The van der Waals surface area contributed by atoms with Crippen molar-refractivity contribution in [3.63, 3.8) is 0 Å². The molecule has 0 N–H and O–H groups in total. The first-order valence-corrected chi connectivity index (χ1v) is 6.18. The molecule has 1 saturated heterocycles. The van der Waals surface area contributed by atoms with Gasteiger partial charge < -0.3 is 14.4 Å². The molecule has 106 valence electrons. The maximum atomic E-state index is 13.5. The molecule has 0 bridgehead atoms. The third-order valence-electron chi connectivity index (χ3n) is 3.22. The molecule has 0 spiro atoms. The number of fused-ring (bicyclic) bond motifs is 1. The van der Waals surface area contributed by atoms with Crippen molar-refractivity contribution in [2.24, 2.45) is 0 Å². The van der Waals surface area contributed by atoms with Gasteiger partial charge in [-0.2, -0.15) is 8.78 Å². The van der Waals surface area contributed by atoms with Crippen molar-refractivity contribution in [3.8, 4) is 0 Å². The Balaban J connectivity index is 2.19. The van der Waals surface area contributed by atoms with Gasteiger partial charge in [-0.05, 0) is 13.3 Å². The van der Waals surface area contributed by atoms with Gasteiger partial charge in [-0.1, -0.05) is 23.8 Å². The molecule has 1 amide bonds. The lowest BCUT2D eigenvalue weighted by molar-refractivity contribution is -0.275. The molecule has 2 unspecified atom stereocenters. The summed E-state index contributed by atoms with van der Waals surface area (Å²) in [4.78, 5) is 12.9. The number of alkyl halides is 2. The highest BCUT2D eigenvalue weighted by atomic mass is 19.3. The Morgan fingerprint density at radius 3 is 2.95 bits per heavy atom. The van der Waals surface area contributed by atoms with E-state index in [0.717, 1.165) is 5.57 Å². The van der Waals surface area contributed by atoms with Gasteiger partial charge in [0, 0.05) is 20.3 Å². The summed E-state index contributed by atoms with van der Waals surface area (Å²) in [5.41, 5.74) is 0.930. The smallest absolute Gasteiger partial charge is 0.385 e. The zero-order valence-corrected chi connectivity index (χ0v) is 10.9. The molecule has 19 heavy (non-hydrogen) atoms. The lowest BCUT2D eigenvalue weighted by atomic mass is 9.97. The second-order valence-corrected chi connectivity index (χ2v) is 4.70. The van der Waals surface area contributed by atoms with Crippen LogP contribution in [0.15, 0.2) is 23.8 Å². The molecule has 0 saturated carbocycles. The van der Waals surface area contributed by atoms with E-state index >= 15 is 0 Å². The van der Waals surface area contributed by atoms with Crippen LogP contribution in [0.1, 0.15) is 13.3 Å². The number of allylic oxidation sites excluding steroid dienone is 2. The van der Waals surface area contributed by atoms with Gasteiger partial charge >= 0.3 is 12.0 Å². The highest BCUT2D eigenvalue weighted by molar-refractivity contribution is 5.83. The van der Waals surface area contributed by atoms with Crippen LogP contribution in [0.4, 0.5) is 8.78 Å². The van der Waals surface area contributed by atoms with Crippen molar-refractivity contribution in [2.75, 3.05) is 20.3 Å². The van der Waals surface area contributed by atoms with Gasteiger partial charge in [0.15, 0.2) is 0 Å². The molecule has 1 fully saturated rings. The van der Waals surface area contributed by atoms with E-state index in [1.165, 1.54) is 12.0 Å². The predicted octanol–water partition coefficient (Wildman–Crippen LogP) is 1.73. The van der Waals surface area contributed by atoms with Gasteiger partial charge in [0.25, 0.3) is 0 Å². The van der Waals surface area contributed by atoms with Gasteiger partial charge in [0.05, 0.1) is 6.04 Å². The minimum absolute atomic E-state index is 0.227. The molecule has 2 rings (SSSR count). The number of hydrogen-bond donors (Lipinski definition) is 0. The number of morpholine rings is 1. The Bertz CT molecular complexity index is 420. The van der Waals surface area contributed by atoms with Crippen molar-refractivity contribution in [3.05, 3.63) is 23.8 Å². The predicted molar refractivity (Wildman–Crippen MR) is 64.7 cm³/mol. The fraction of sp³-hybridized carbons (Fsp3) is 0.615. The number of ether oxygens (including phenoxy) is 2. The van der Waals surface area contributed by atoms with Crippen molar-refractivity contribution in [2.45, 2.75) is 31.6 Å². The van der Waals surface area contributed by atoms with Crippen LogP contribution >= 0.6 is 0 Å². The van der Waals surface area contributed by atoms with Crippen LogP contribution < -0.4 is 0 Å². The fourth-order valence-electron chi connectivity index (χ4n) is 2.31. The summed E-state index contributed by atoms with van der Waals surface area (Å²) in [6.45, 7) is 2.51. The lowest BCUT2D eigenvalue weighted by Crippen LogP contribution is -2.61. The van der Waals surface area contributed by atoms with E-state index in [9.17, 15) is 13.6 Å². The van der Waals surface area contributed by atoms with Crippen LogP contribution in [-0.2, 0) is 14.3 Å². The number of methoxy groups -OCH3 is 1. The first-order chi connectivity index (χ1) is 8.95. The highest BCUT2D eigenvalue weighted by Crippen LogP contribution is 2.33. The van der Waals surface area contributed by atoms with E-state index in [1.54, 1.807) is 18.2 Å². The topological polar surface area (TPSA) is 38.8 Å². The fourth-order valence-corrected chi connectivity index (χ4v) is 2.31. The Morgan fingerprint density at radius 2 is 2.26 bits per heavy atom. The summed E-state index contributed by atoms with van der Waals surface area (Å²) in [5, 5.41) is 0. The van der Waals surface area contributed by atoms with Crippen LogP contribution in [0.5, 0.6) is 0 Å². The lowest BCUT2D eigenvalue weighted by Gasteiger charge is -2.42. The Morgan fingerprint density at radius 1 is 1.53 bits per heavy atom. The largest absolute Gasteiger partial charge is 0.437 e. The first-order valence-electron chi connectivity index (χ1n) is 6.18. The first kappa shape index (κ1) is 14.1. The minimum atomic E-state index is -3.75. The third kappa shape index (κ3) is 2.84. The van der Waals surface area contributed by atoms with Crippen LogP contribution in [0.3, 0.4) is 0 Å². The molecule has 1 aliphatic heterocycles. The van der Waals surface area contributed by atoms with Crippen molar-refractivity contribution in [1.82, 2.24) is 4.90 Å². The number of hydrogen-bond acceptors (Lipinski definition) is 3. The number of halogens is 2. The van der Waals surface area contributed by atoms with Gasteiger partial charge in [-0.25, -0.2) is 0 Å². The minimum Gasteiger partial charge on any atom is -0.385 e. The standard InChI is InChI=1S/C13H17F2NO3/c1-9-4-5-11-10(8-9)16(6-3-7-18-2)12(17)13(14,15)19-11/h4-5,8,10-11H,3,6-7H2,1-2H3. The van der Waals surface area contributed by atoms with Crippen molar-refractivity contribution < 1.29 is 23.0 Å². The van der Waals surface area contributed by atoms with Crippen molar-refractivity contribution >= 4 is 5.91 Å². The van der Waals surface area contributed by atoms with Crippen molar-refractivity contribution in [1.29, 1.82) is 0 Å². The summed E-state index contributed by atoms with van der Waals surface area (Å²) >= 11 is 0. The second-order valence-electron chi connectivity index (χ2n) is 4.70. The number of carbonyl (C=O) groups is 1. The summed E-state index contributed by atoms with van der Waals surface area (Å²) in [5.74, 6) is -1.27. The average molecular weight is 273 g/mol. The quantitative estimate of drug-likeness (QED) is 0.732. The molecule has 4 nitrogen and oxygen atoms in total. The van der Waals surface area contributed by atoms with E-state index in [2.05, 4.69) is 4.74 Å². The number of carbonyl (C=O) groups excluding carboxylic acids is 1. The number of rotatable bonds is 4. The number of nitrogens with zero attached hydrogens (tertiary/aromatic N) is 1. The van der Waals surface area contributed by atoms with E-state index in [0.29, 0.717) is 13.0 Å². The molecule has 1 aliphatic carbocycles. The Kier molecular flexibility index (Phi) is 4.01. The molecule has 0 aromatic carbocycles. The van der Waals surface area contributed by atoms with Gasteiger partial charge in [-0.15, -0.1) is 0 Å². The normalized spacial score (nSPS) is 29.2. The zero-order valence-electron chi connectivity index (χ0n) is 10.9. The Hall–Kier alpha value is -1.27. The molecule has 1 heterocycles. The Labute approximate surface area is 110 Å². The second kappa shape index (κ2) is 5.38. The van der Waals surface area contributed by atoms with Gasteiger partial charge in [0.2, 0.25) is 0 Å². The summed E-state index contributed by atoms with van der Waals surface area (Å²) < 4.78 is 36.5. The molecular formula is C13H17F2NO3. The van der Waals surface area contributed by atoms with Crippen LogP contribution in [0, 0.1) is 0 Å². The molecule has 0 radical (unpaired) electrons. The summed E-state index contributed by atoms with van der Waals surface area (Å²) in [6, 6.07) is -0.464. The molecule has 6 heteroatoms. The van der Waals surface area contributed by atoms with E-state index in [-0.39, 0.29) is 6.54 Å². The number of amides is 1. The third-order valence-corrected chi connectivity index (χ3v) is 3.22. The molecule has 2 aliphatic rings. The molecular weight excluding hydrogens is 256 g/mol. The monoisotopic (exact) mass is 273 g/mol. The summed E-state index contributed by atoms with van der Waals surface area (Å²) in [6.07, 6.45) is 1.05. The van der Waals surface area contributed by atoms with E-state index < -0.39 is 24.2 Å². The maximum absolute atomic E-state index is 13.5. The summed E-state index contributed by atoms with van der Waals surface area (Å²) in [7, 11) is 1.53. The van der Waals surface area contributed by atoms with Gasteiger partial charge in [0.1, 0.15) is 6.10 Å². The van der Waals surface area contributed by atoms with E-state index in [1.807, 2.05) is 6.92 Å². The molecule has 0 aromatic heterocycles. The van der Waals surface area contributed by atoms with Crippen LogP contribution in [-0.4, -0.2) is 49.3 Å². The highest BCUT2D eigenvalue weighted by Gasteiger charge is 2.53. The maximum Gasteiger partial charge on any atom is 0.437 e. The van der Waals surface area contributed by atoms with E-state index in [4.69, 9.17) is 4.74 Å². The van der Waals surface area contributed by atoms with Crippen LogP contribution in [0.25, 0.3) is 0 Å². The SMILES string of the molecule is COCCCN1C(=O)C(F)(F)OC2C=CC(C)=CC21. The molecule has 0 aromatic rings. The van der Waals surface area contributed by atoms with Gasteiger partial charge in [-0.3, -0.25) is 4.79 Å². The van der Waals surface area contributed by atoms with Crippen LogP contribution in [0.2, 0.25) is 0 Å².